The minimum Gasteiger partial charge on any atom is -0.478 e. The van der Waals surface area contributed by atoms with Crippen molar-refractivity contribution in [3.63, 3.8) is 0 Å². The summed E-state index contributed by atoms with van der Waals surface area (Å²) in [6, 6.07) is 16.0. The molecule has 4 rings (SSSR count). The average Bonchev–Trinajstić information content (AvgIpc) is 3.22. The highest BCUT2D eigenvalue weighted by Crippen LogP contribution is 2.31. The minimum absolute atomic E-state index is 0.0297. The maximum Gasteiger partial charge on any atom is 0.331 e. The molecule has 1 aliphatic rings. The first-order chi connectivity index (χ1) is 15.4. The predicted molar refractivity (Wildman–Crippen MR) is 128 cm³/mol. The van der Waals surface area contributed by atoms with Gasteiger partial charge in [-0.3, -0.25) is 0 Å². The van der Waals surface area contributed by atoms with Crippen molar-refractivity contribution < 1.29 is 18.3 Å². The lowest BCUT2D eigenvalue weighted by Gasteiger charge is -2.20. The summed E-state index contributed by atoms with van der Waals surface area (Å²) >= 11 is 1.63. The molecule has 0 radical (unpaired) electrons. The van der Waals surface area contributed by atoms with E-state index in [2.05, 4.69) is 4.72 Å². The van der Waals surface area contributed by atoms with Gasteiger partial charge in [0.15, 0.2) is 0 Å². The van der Waals surface area contributed by atoms with Crippen LogP contribution < -0.4 is 4.72 Å². The van der Waals surface area contributed by atoms with Gasteiger partial charge in [0.05, 0.1) is 15.1 Å². The van der Waals surface area contributed by atoms with Crippen LogP contribution in [-0.2, 0) is 21.2 Å². The van der Waals surface area contributed by atoms with Crippen molar-refractivity contribution in [2.75, 3.05) is 6.54 Å². The van der Waals surface area contributed by atoms with Crippen LogP contribution in [0.1, 0.15) is 25.3 Å². The first kappa shape index (κ1) is 22.4. The standard InChI is InChI=1S/C24H24N2O4S2/c1-2-17-9-10-19(15-20(17)24(27)28)32(29,30)25-13-12-16-8-11-22-21(14-16)26-23(31-22)18-6-4-3-5-7-18/h3-8,10-11,14-15,17,25H,2,9,12-13H2,1H3,(H,27,28). The van der Waals surface area contributed by atoms with Gasteiger partial charge in [-0.2, -0.15) is 0 Å². The van der Waals surface area contributed by atoms with Crippen molar-refractivity contribution >= 4 is 37.5 Å². The molecule has 0 aliphatic heterocycles. The summed E-state index contributed by atoms with van der Waals surface area (Å²) in [6.45, 7) is 2.11. The highest BCUT2D eigenvalue weighted by Gasteiger charge is 2.26. The molecule has 6 nitrogen and oxygen atoms in total. The van der Waals surface area contributed by atoms with E-state index < -0.39 is 16.0 Å². The van der Waals surface area contributed by atoms with E-state index in [-0.39, 0.29) is 22.9 Å². The molecule has 1 aliphatic carbocycles. The molecule has 1 heterocycles. The van der Waals surface area contributed by atoms with Crippen LogP contribution >= 0.6 is 11.3 Å². The van der Waals surface area contributed by atoms with Gasteiger partial charge in [0.2, 0.25) is 10.0 Å². The van der Waals surface area contributed by atoms with E-state index >= 15 is 0 Å². The van der Waals surface area contributed by atoms with Crippen LogP contribution in [0.5, 0.6) is 0 Å². The smallest absolute Gasteiger partial charge is 0.331 e. The molecular weight excluding hydrogens is 444 g/mol. The number of thiazole rings is 1. The lowest BCUT2D eigenvalue weighted by molar-refractivity contribution is -0.133. The van der Waals surface area contributed by atoms with Gasteiger partial charge < -0.3 is 5.11 Å². The Kier molecular flexibility index (Phi) is 6.55. The molecule has 2 N–H and O–H groups in total. The Morgan fingerprint density at radius 2 is 2.00 bits per heavy atom. The molecular formula is C24H24N2O4S2. The molecule has 0 amide bonds. The zero-order valence-corrected chi connectivity index (χ0v) is 19.2. The third-order valence-corrected chi connectivity index (χ3v) is 8.14. The van der Waals surface area contributed by atoms with Crippen molar-refractivity contribution in [3.8, 4) is 10.6 Å². The number of allylic oxidation sites excluding steroid dienone is 2. The van der Waals surface area contributed by atoms with Gasteiger partial charge in [0.25, 0.3) is 0 Å². The van der Waals surface area contributed by atoms with Crippen LogP contribution in [0, 0.1) is 5.92 Å². The molecule has 0 saturated carbocycles. The fourth-order valence-corrected chi connectivity index (χ4v) is 5.86. The Labute approximate surface area is 191 Å². The van der Waals surface area contributed by atoms with Crippen LogP contribution in [0.4, 0.5) is 0 Å². The van der Waals surface area contributed by atoms with Gasteiger partial charge in [0, 0.05) is 17.7 Å². The molecule has 0 bridgehead atoms. The summed E-state index contributed by atoms with van der Waals surface area (Å²) < 4.78 is 29.0. The Bertz CT molecular complexity index is 1310. The minimum atomic E-state index is -3.77. The van der Waals surface area contributed by atoms with E-state index in [0.717, 1.165) is 26.4 Å². The van der Waals surface area contributed by atoms with Gasteiger partial charge in [-0.15, -0.1) is 11.3 Å². The molecule has 1 unspecified atom stereocenters. The average molecular weight is 469 g/mol. The lowest BCUT2D eigenvalue weighted by Crippen LogP contribution is -2.28. The summed E-state index contributed by atoms with van der Waals surface area (Å²) in [5, 5.41) is 10.3. The van der Waals surface area contributed by atoms with Gasteiger partial charge in [0.1, 0.15) is 5.01 Å². The van der Waals surface area contributed by atoms with E-state index in [4.69, 9.17) is 4.98 Å². The Morgan fingerprint density at radius 3 is 2.72 bits per heavy atom. The number of hydrogen-bond donors (Lipinski definition) is 2. The van der Waals surface area contributed by atoms with Crippen molar-refractivity contribution in [2.45, 2.75) is 26.2 Å². The summed E-state index contributed by atoms with van der Waals surface area (Å²) in [6.07, 6.45) is 4.47. The number of hydrogen-bond acceptors (Lipinski definition) is 5. The van der Waals surface area contributed by atoms with Crippen LogP contribution in [0.2, 0.25) is 0 Å². The summed E-state index contributed by atoms with van der Waals surface area (Å²) in [5.41, 5.74) is 3.10. The fraction of sp³-hybridized carbons (Fsp3) is 0.250. The van der Waals surface area contributed by atoms with E-state index in [9.17, 15) is 18.3 Å². The van der Waals surface area contributed by atoms with Crippen molar-refractivity contribution in [1.82, 2.24) is 9.71 Å². The SMILES string of the molecule is CCC1CC=C(S(=O)(=O)NCCc2ccc3sc(-c4ccccc4)nc3c2)C=C1C(=O)O. The second-order valence-electron chi connectivity index (χ2n) is 7.69. The summed E-state index contributed by atoms with van der Waals surface area (Å²) in [4.78, 5) is 16.2. The van der Waals surface area contributed by atoms with Crippen molar-refractivity contribution in [2.24, 2.45) is 5.92 Å². The maximum absolute atomic E-state index is 12.7. The van der Waals surface area contributed by atoms with E-state index in [1.807, 2.05) is 55.5 Å². The van der Waals surface area contributed by atoms with Gasteiger partial charge in [-0.05, 0) is 49.0 Å². The molecule has 8 heteroatoms. The number of carboxylic acid groups (broad SMARTS) is 1. The number of carboxylic acids is 1. The van der Waals surface area contributed by atoms with E-state index in [0.29, 0.717) is 19.3 Å². The second-order valence-corrected chi connectivity index (χ2v) is 10.5. The quantitative estimate of drug-likeness (QED) is 0.497. The predicted octanol–water partition coefficient (Wildman–Crippen LogP) is 4.75. The second kappa shape index (κ2) is 9.36. The molecule has 32 heavy (non-hydrogen) atoms. The van der Waals surface area contributed by atoms with Gasteiger partial charge >= 0.3 is 5.97 Å². The van der Waals surface area contributed by atoms with Crippen LogP contribution in [0.15, 0.2) is 71.2 Å². The molecule has 0 fully saturated rings. The maximum atomic E-state index is 12.7. The Balaban J connectivity index is 1.43. The molecule has 166 valence electrons. The number of nitrogens with zero attached hydrogens (tertiary/aromatic N) is 1. The molecule has 1 aromatic heterocycles. The highest BCUT2D eigenvalue weighted by molar-refractivity contribution is 7.93. The largest absolute Gasteiger partial charge is 0.478 e. The fourth-order valence-electron chi connectivity index (χ4n) is 3.77. The number of nitrogens with one attached hydrogen (secondary N) is 1. The molecule has 3 aromatic rings. The zero-order valence-electron chi connectivity index (χ0n) is 17.6. The zero-order chi connectivity index (χ0) is 22.7. The van der Waals surface area contributed by atoms with Crippen LogP contribution in [0.25, 0.3) is 20.8 Å². The van der Waals surface area contributed by atoms with E-state index in [1.165, 1.54) is 6.08 Å². The number of aromatic nitrogens is 1. The van der Waals surface area contributed by atoms with E-state index in [1.54, 1.807) is 17.4 Å². The Morgan fingerprint density at radius 1 is 1.22 bits per heavy atom. The number of sulfonamides is 1. The third kappa shape index (κ3) is 4.82. The van der Waals surface area contributed by atoms with Crippen LogP contribution in [0.3, 0.4) is 0 Å². The molecule has 0 spiro atoms. The first-order valence-electron chi connectivity index (χ1n) is 10.5. The summed E-state index contributed by atoms with van der Waals surface area (Å²) in [7, 11) is -3.77. The highest BCUT2D eigenvalue weighted by atomic mass is 32.2. The van der Waals surface area contributed by atoms with Gasteiger partial charge in [-0.1, -0.05) is 49.4 Å². The number of fused-ring (bicyclic) bond motifs is 1. The first-order valence-corrected chi connectivity index (χ1v) is 12.8. The number of carbonyl (C=O) groups is 1. The number of benzene rings is 2. The molecule has 0 saturated heterocycles. The summed E-state index contributed by atoms with van der Waals surface area (Å²) in [5.74, 6) is -1.22. The molecule has 2 aromatic carbocycles. The molecule has 1 atom stereocenters. The monoisotopic (exact) mass is 468 g/mol. The number of aliphatic carboxylic acids is 1. The topological polar surface area (TPSA) is 96.4 Å². The van der Waals surface area contributed by atoms with Crippen LogP contribution in [-0.4, -0.2) is 31.0 Å². The van der Waals surface area contributed by atoms with Crippen molar-refractivity contribution in [3.05, 3.63) is 76.7 Å². The Hall–Kier alpha value is -2.81. The lowest BCUT2D eigenvalue weighted by atomic mass is 9.89. The van der Waals surface area contributed by atoms with Gasteiger partial charge in [-0.25, -0.2) is 22.9 Å². The van der Waals surface area contributed by atoms with Crippen molar-refractivity contribution in [1.29, 1.82) is 0 Å². The number of rotatable bonds is 8. The normalized spacial score (nSPS) is 16.6. The third-order valence-electron chi connectivity index (χ3n) is 5.57.